The summed E-state index contributed by atoms with van der Waals surface area (Å²) in [5.41, 5.74) is 5.33. The molecule has 0 atom stereocenters. The van der Waals surface area contributed by atoms with Crippen molar-refractivity contribution in [3.8, 4) is 0 Å². The van der Waals surface area contributed by atoms with E-state index in [0.29, 0.717) is 6.07 Å². The lowest BCUT2D eigenvalue weighted by Crippen LogP contribution is -2.22. The normalized spacial score (nSPS) is 11.9. The minimum Gasteiger partial charge on any atom is -0.364 e. The van der Waals surface area contributed by atoms with E-state index in [1.807, 2.05) is 0 Å². The maximum atomic E-state index is 12.6. The molecule has 18 heavy (non-hydrogen) atoms. The van der Waals surface area contributed by atoms with Gasteiger partial charge in [-0.3, -0.25) is 4.79 Å². The van der Waals surface area contributed by atoms with Crippen LogP contribution in [0.2, 0.25) is 0 Å². The zero-order valence-corrected chi connectivity index (χ0v) is 8.76. The van der Waals surface area contributed by atoms with Crippen LogP contribution in [0.5, 0.6) is 0 Å². The Morgan fingerprint density at radius 1 is 1.39 bits per heavy atom. The summed E-state index contributed by atoms with van der Waals surface area (Å²) in [6.45, 7) is -0.740. The summed E-state index contributed by atoms with van der Waals surface area (Å²) in [5.74, 6) is -1.21. The quantitative estimate of drug-likeness (QED) is 0.817. The van der Waals surface area contributed by atoms with Crippen molar-refractivity contribution in [2.45, 2.75) is 19.1 Å². The molecule has 1 rings (SSSR count). The zero-order valence-electron chi connectivity index (χ0n) is 8.76. The largest absolute Gasteiger partial charge is 0.418 e. The lowest BCUT2D eigenvalue weighted by Gasteiger charge is -2.16. The number of halogens is 5. The van der Waals surface area contributed by atoms with Gasteiger partial charge in [-0.1, -0.05) is 0 Å². The molecule has 0 radical (unpaired) electrons. The number of primary amides is 1. The monoisotopic (exact) mass is 269 g/mol. The second-order valence-corrected chi connectivity index (χ2v) is 3.29. The highest BCUT2D eigenvalue weighted by atomic mass is 19.4. The second-order valence-electron chi connectivity index (χ2n) is 3.29. The fourth-order valence-electron chi connectivity index (χ4n) is 1.39. The number of hydrogen-bond donors (Lipinski definition) is 2. The Hall–Kier alpha value is -1.77. The third-order valence-corrected chi connectivity index (χ3v) is 2.09. The molecule has 0 aliphatic carbocycles. The minimum atomic E-state index is -5.04. The van der Waals surface area contributed by atoms with Crippen LogP contribution in [-0.2, 0) is 12.7 Å². The van der Waals surface area contributed by atoms with Crippen LogP contribution in [0.1, 0.15) is 33.7 Å². The molecule has 1 aromatic heterocycles. The van der Waals surface area contributed by atoms with Crippen LogP contribution in [0.25, 0.3) is 0 Å². The molecule has 1 amide bonds. The second kappa shape index (κ2) is 4.84. The molecule has 0 aliphatic heterocycles. The number of nitrogens with two attached hydrogens (primary N) is 2. The maximum Gasteiger partial charge on any atom is 0.418 e. The average Bonchev–Trinajstić information content (AvgIpc) is 2.25. The first-order valence-electron chi connectivity index (χ1n) is 4.57. The van der Waals surface area contributed by atoms with E-state index in [4.69, 9.17) is 11.5 Å². The third-order valence-electron chi connectivity index (χ3n) is 2.09. The Morgan fingerprint density at radius 3 is 2.28 bits per heavy atom. The van der Waals surface area contributed by atoms with Crippen molar-refractivity contribution in [2.24, 2.45) is 11.5 Å². The first-order valence-corrected chi connectivity index (χ1v) is 4.57. The van der Waals surface area contributed by atoms with Gasteiger partial charge in [-0.25, -0.2) is 13.8 Å². The summed E-state index contributed by atoms with van der Waals surface area (Å²) in [5, 5.41) is 0. The fraction of sp³-hybridized carbons (Fsp3) is 0.333. The smallest absolute Gasteiger partial charge is 0.364 e. The standard InChI is InChI=1S/C9H8F5N3O/c10-7(11)3-1-4(8(16)18)17-5(2-15)6(3)9(12,13)14/h1,7H,2,15H2,(H2,16,18). The number of alkyl halides is 5. The third kappa shape index (κ3) is 2.73. The summed E-state index contributed by atoms with van der Waals surface area (Å²) in [6, 6.07) is 0.328. The number of nitrogens with zero attached hydrogens (tertiary/aromatic N) is 1. The highest BCUT2D eigenvalue weighted by Crippen LogP contribution is 2.38. The maximum absolute atomic E-state index is 12.6. The molecule has 1 heterocycles. The van der Waals surface area contributed by atoms with E-state index in [-0.39, 0.29) is 0 Å². The van der Waals surface area contributed by atoms with Crippen molar-refractivity contribution in [3.05, 3.63) is 28.6 Å². The van der Waals surface area contributed by atoms with E-state index in [1.54, 1.807) is 0 Å². The topological polar surface area (TPSA) is 82.0 Å². The van der Waals surface area contributed by atoms with Crippen molar-refractivity contribution < 1.29 is 26.7 Å². The SMILES string of the molecule is NCc1nc(C(N)=O)cc(C(F)F)c1C(F)(F)F. The molecule has 100 valence electrons. The van der Waals surface area contributed by atoms with E-state index in [0.717, 1.165) is 0 Å². The molecule has 4 N–H and O–H groups in total. The summed E-state index contributed by atoms with van der Waals surface area (Å²) >= 11 is 0. The molecule has 0 spiro atoms. The Kier molecular flexibility index (Phi) is 3.85. The molecule has 0 aliphatic rings. The van der Waals surface area contributed by atoms with Gasteiger partial charge >= 0.3 is 6.18 Å². The molecule has 0 saturated carbocycles. The van der Waals surface area contributed by atoms with Crippen LogP contribution in [0, 0.1) is 0 Å². The van der Waals surface area contributed by atoms with Crippen molar-refractivity contribution in [1.82, 2.24) is 4.98 Å². The average molecular weight is 269 g/mol. The van der Waals surface area contributed by atoms with E-state index in [2.05, 4.69) is 4.98 Å². The fourth-order valence-corrected chi connectivity index (χ4v) is 1.39. The molecule has 9 heteroatoms. The van der Waals surface area contributed by atoms with Crippen LogP contribution >= 0.6 is 0 Å². The summed E-state index contributed by atoms with van der Waals surface area (Å²) in [7, 11) is 0. The molecular weight excluding hydrogens is 261 g/mol. The van der Waals surface area contributed by atoms with E-state index in [1.165, 1.54) is 0 Å². The first-order chi connectivity index (χ1) is 8.18. The first kappa shape index (κ1) is 14.3. The van der Waals surface area contributed by atoms with E-state index in [9.17, 15) is 26.7 Å². The summed E-state index contributed by atoms with van der Waals surface area (Å²) in [4.78, 5) is 14.0. The van der Waals surface area contributed by atoms with E-state index < -0.39 is 47.6 Å². The van der Waals surface area contributed by atoms with Gasteiger partial charge in [0.25, 0.3) is 12.3 Å². The Labute approximate surface area is 97.8 Å². The number of carbonyl (C=O) groups excluding carboxylic acids is 1. The van der Waals surface area contributed by atoms with Crippen LogP contribution in [-0.4, -0.2) is 10.9 Å². The summed E-state index contributed by atoms with van der Waals surface area (Å²) in [6.07, 6.45) is -8.46. The Morgan fingerprint density at radius 2 is 1.94 bits per heavy atom. The van der Waals surface area contributed by atoms with Crippen LogP contribution in [0.15, 0.2) is 6.07 Å². The molecule has 0 fully saturated rings. The Bertz CT molecular complexity index is 472. The van der Waals surface area contributed by atoms with Gasteiger partial charge < -0.3 is 11.5 Å². The lowest BCUT2D eigenvalue weighted by molar-refractivity contribution is -0.140. The number of hydrogen-bond acceptors (Lipinski definition) is 3. The van der Waals surface area contributed by atoms with Crippen LogP contribution in [0.3, 0.4) is 0 Å². The minimum absolute atomic E-state index is 0.328. The summed E-state index contributed by atoms with van der Waals surface area (Å²) < 4.78 is 63.1. The highest BCUT2D eigenvalue weighted by Gasteiger charge is 2.39. The van der Waals surface area contributed by atoms with Gasteiger partial charge in [0.2, 0.25) is 0 Å². The number of aromatic nitrogens is 1. The zero-order chi connectivity index (χ0) is 14.1. The molecule has 0 bridgehead atoms. The van der Waals surface area contributed by atoms with Crippen LogP contribution in [0.4, 0.5) is 22.0 Å². The van der Waals surface area contributed by atoms with Crippen molar-refractivity contribution >= 4 is 5.91 Å². The van der Waals surface area contributed by atoms with E-state index >= 15 is 0 Å². The number of rotatable bonds is 3. The van der Waals surface area contributed by atoms with Gasteiger partial charge in [0, 0.05) is 12.1 Å². The predicted molar refractivity (Wildman–Crippen MR) is 50.6 cm³/mol. The van der Waals surface area contributed by atoms with Gasteiger partial charge in [0.15, 0.2) is 0 Å². The molecule has 0 unspecified atom stereocenters. The number of amides is 1. The Balaban J connectivity index is 3.62. The lowest BCUT2D eigenvalue weighted by atomic mass is 10.0. The molecule has 4 nitrogen and oxygen atoms in total. The van der Waals surface area contributed by atoms with Gasteiger partial charge in [-0.2, -0.15) is 13.2 Å². The van der Waals surface area contributed by atoms with Gasteiger partial charge in [0.05, 0.1) is 11.3 Å². The van der Waals surface area contributed by atoms with Crippen molar-refractivity contribution in [1.29, 1.82) is 0 Å². The molecular formula is C9H8F5N3O. The van der Waals surface area contributed by atoms with Crippen LogP contribution < -0.4 is 11.5 Å². The van der Waals surface area contributed by atoms with Crippen molar-refractivity contribution in [2.75, 3.05) is 0 Å². The molecule has 0 aromatic carbocycles. The van der Waals surface area contributed by atoms with Gasteiger partial charge in [-0.15, -0.1) is 0 Å². The number of pyridine rings is 1. The van der Waals surface area contributed by atoms with Gasteiger partial charge in [0.1, 0.15) is 5.69 Å². The van der Waals surface area contributed by atoms with Gasteiger partial charge in [-0.05, 0) is 6.07 Å². The van der Waals surface area contributed by atoms with Crippen molar-refractivity contribution in [3.63, 3.8) is 0 Å². The molecule has 0 saturated heterocycles. The highest BCUT2D eigenvalue weighted by molar-refractivity contribution is 5.91. The molecule has 1 aromatic rings. The number of carbonyl (C=O) groups is 1. The predicted octanol–water partition coefficient (Wildman–Crippen LogP) is 1.60.